The van der Waals surface area contributed by atoms with Gasteiger partial charge in [-0.1, -0.05) is 19.9 Å². The van der Waals surface area contributed by atoms with Crippen LogP contribution >= 0.6 is 11.7 Å². The molecule has 0 aliphatic rings. The number of nitrogens with one attached hydrogen (secondary N) is 1. The van der Waals surface area contributed by atoms with E-state index < -0.39 is 18.5 Å². The van der Waals surface area contributed by atoms with Gasteiger partial charge in [0.2, 0.25) is 0 Å². The first kappa shape index (κ1) is 21.5. The molecule has 3 aromatic rings. The third-order valence-corrected chi connectivity index (χ3v) is 4.49. The Bertz CT molecular complexity index is 1030. The summed E-state index contributed by atoms with van der Waals surface area (Å²) in [6.45, 7) is 6.47. The molecule has 0 radical (unpaired) electrons. The van der Waals surface area contributed by atoms with Crippen LogP contribution in [-0.2, 0) is 9.53 Å². The van der Waals surface area contributed by atoms with Crippen molar-refractivity contribution in [1.29, 1.82) is 0 Å². The topological polar surface area (TPSA) is 99.6 Å². The molecule has 30 heavy (non-hydrogen) atoms. The predicted molar refractivity (Wildman–Crippen MR) is 114 cm³/mol. The minimum absolute atomic E-state index is 0.272. The highest BCUT2D eigenvalue weighted by Crippen LogP contribution is 2.29. The van der Waals surface area contributed by atoms with Crippen LogP contribution in [0, 0.1) is 5.92 Å². The van der Waals surface area contributed by atoms with Crippen molar-refractivity contribution >= 4 is 40.3 Å². The third kappa shape index (κ3) is 5.44. The molecule has 158 valence electrons. The van der Waals surface area contributed by atoms with E-state index in [0.717, 1.165) is 11.7 Å². The van der Waals surface area contributed by atoms with E-state index in [2.05, 4.69) is 14.1 Å². The Balaban J connectivity index is 1.61. The molecule has 0 aliphatic heterocycles. The number of aromatic nitrogens is 2. The van der Waals surface area contributed by atoms with Crippen LogP contribution in [0.4, 0.5) is 5.69 Å². The van der Waals surface area contributed by atoms with Gasteiger partial charge in [-0.05, 0) is 43.2 Å². The van der Waals surface area contributed by atoms with Crippen LogP contribution in [0.3, 0.4) is 0 Å². The van der Waals surface area contributed by atoms with Crippen LogP contribution in [-0.4, -0.2) is 40.4 Å². The van der Waals surface area contributed by atoms with Gasteiger partial charge in [0, 0.05) is 0 Å². The van der Waals surface area contributed by atoms with Crippen molar-refractivity contribution in [2.24, 2.45) is 5.92 Å². The van der Waals surface area contributed by atoms with Crippen molar-refractivity contribution in [1.82, 2.24) is 8.75 Å². The summed E-state index contributed by atoms with van der Waals surface area (Å²) in [5, 5.41) is 2.69. The molecular formula is C21H23N3O5S. The minimum Gasteiger partial charge on any atom is -0.490 e. The lowest BCUT2D eigenvalue weighted by Crippen LogP contribution is -2.21. The normalized spacial score (nSPS) is 10.8. The van der Waals surface area contributed by atoms with Crippen LogP contribution in [0.15, 0.2) is 36.4 Å². The summed E-state index contributed by atoms with van der Waals surface area (Å²) in [5.41, 5.74) is 2.08. The summed E-state index contributed by atoms with van der Waals surface area (Å²) in [6, 6.07) is 10.1. The zero-order valence-electron chi connectivity index (χ0n) is 17.0. The zero-order valence-corrected chi connectivity index (χ0v) is 17.8. The van der Waals surface area contributed by atoms with Gasteiger partial charge in [-0.2, -0.15) is 8.75 Å². The number of nitrogens with zero attached hydrogens (tertiary/aromatic N) is 2. The second-order valence-corrected chi connectivity index (χ2v) is 7.39. The molecule has 2 aromatic carbocycles. The number of benzene rings is 2. The SMILES string of the molecule is CCOc1cc(C(=O)OCC(=O)Nc2cccc3nsnc23)ccc1OCC(C)C. The van der Waals surface area contributed by atoms with Crippen LogP contribution in [0.25, 0.3) is 11.0 Å². The second-order valence-electron chi connectivity index (χ2n) is 6.86. The molecule has 0 spiro atoms. The lowest BCUT2D eigenvalue weighted by atomic mass is 10.2. The van der Waals surface area contributed by atoms with Crippen molar-refractivity contribution in [2.75, 3.05) is 25.1 Å². The molecule has 0 aliphatic carbocycles. The molecule has 1 heterocycles. The third-order valence-electron chi connectivity index (χ3n) is 3.95. The fourth-order valence-electron chi connectivity index (χ4n) is 2.59. The van der Waals surface area contributed by atoms with Crippen LogP contribution in [0.2, 0.25) is 0 Å². The Hall–Kier alpha value is -3.20. The average molecular weight is 429 g/mol. The Labute approximate surface area is 178 Å². The maximum absolute atomic E-state index is 12.4. The minimum atomic E-state index is -0.630. The van der Waals surface area contributed by atoms with Crippen LogP contribution in [0.1, 0.15) is 31.1 Å². The van der Waals surface area contributed by atoms with Gasteiger partial charge in [-0.15, -0.1) is 0 Å². The van der Waals surface area contributed by atoms with Crippen LogP contribution in [0.5, 0.6) is 11.5 Å². The van der Waals surface area contributed by atoms with Gasteiger partial charge < -0.3 is 19.5 Å². The smallest absolute Gasteiger partial charge is 0.338 e. The largest absolute Gasteiger partial charge is 0.490 e. The van der Waals surface area contributed by atoms with E-state index in [-0.39, 0.29) is 5.56 Å². The van der Waals surface area contributed by atoms with Crippen molar-refractivity contribution in [3.63, 3.8) is 0 Å². The molecule has 1 aromatic heterocycles. The quantitative estimate of drug-likeness (QED) is 0.515. The molecule has 0 bridgehead atoms. The number of hydrogen-bond acceptors (Lipinski definition) is 8. The number of ether oxygens (including phenoxy) is 3. The first-order chi connectivity index (χ1) is 14.5. The molecule has 1 N–H and O–H groups in total. The molecule has 1 amide bonds. The van der Waals surface area contributed by atoms with E-state index in [4.69, 9.17) is 14.2 Å². The summed E-state index contributed by atoms with van der Waals surface area (Å²) in [6.07, 6.45) is 0. The first-order valence-corrected chi connectivity index (χ1v) is 10.3. The number of carbonyl (C=O) groups is 2. The number of hydrogen-bond donors (Lipinski definition) is 1. The second kappa shape index (κ2) is 10.0. The fourth-order valence-corrected chi connectivity index (χ4v) is 3.14. The number of carbonyl (C=O) groups excluding carboxylic acids is 2. The molecule has 0 atom stereocenters. The fraction of sp³-hybridized carbons (Fsp3) is 0.333. The molecule has 9 heteroatoms. The molecule has 0 unspecified atom stereocenters. The van der Waals surface area contributed by atoms with Crippen molar-refractivity contribution in [2.45, 2.75) is 20.8 Å². The molecular weight excluding hydrogens is 406 g/mol. The molecule has 3 rings (SSSR count). The Morgan fingerprint density at radius 3 is 2.70 bits per heavy atom. The highest BCUT2D eigenvalue weighted by molar-refractivity contribution is 7.00. The van der Waals surface area contributed by atoms with Gasteiger partial charge in [0.1, 0.15) is 11.0 Å². The van der Waals surface area contributed by atoms with Crippen molar-refractivity contribution in [3.8, 4) is 11.5 Å². The Morgan fingerprint density at radius 1 is 1.10 bits per heavy atom. The monoisotopic (exact) mass is 429 g/mol. The maximum atomic E-state index is 12.4. The van der Waals surface area contributed by atoms with E-state index in [1.807, 2.05) is 20.8 Å². The van der Waals surface area contributed by atoms with Crippen molar-refractivity contribution < 1.29 is 23.8 Å². The van der Waals surface area contributed by atoms with Gasteiger partial charge in [0.25, 0.3) is 5.91 Å². The highest BCUT2D eigenvalue weighted by Gasteiger charge is 2.15. The summed E-state index contributed by atoms with van der Waals surface area (Å²) < 4.78 is 24.7. The number of esters is 1. The first-order valence-electron chi connectivity index (χ1n) is 9.55. The van der Waals surface area contributed by atoms with E-state index in [1.54, 1.807) is 36.4 Å². The molecule has 0 saturated carbocycles. The highest BCUT2D eigenvalue weighted by atomic mass is 32.1. The molecule has 0 saturated heterocycles. The molecule has 0 fully saturated rings. The van der Waals surface area contributed by atoms with E-state index in [1.165, 1.54) is 0 Å². The summed E-state index contributed by atoms with van der Waals surface area (Å²) >= 11 is 1.06. The van der Waals surface area contributed by atoms with Gasteiger partial charge in [-0.25, -0.2) is 4.79 Å². The number of fused-ring (bicyclic) bond motifs is 1. The Kier molecular flexibility index (Phi) is 7.18. The van der Waals surface area contributed by atoms with E-state index in [9.17, 15) is 9.59 Å². The number of amides is 1. The van der Waals surface area contributed by atoms with E-state index >= 15 is 0 Å². The number of rotatable bonds is 9. The van der Waals surface area contributed by atoms with Gasteiger partial charge in [0.05, 0.1) is 36.2 Å². The summed E-state index contributed by atoms with van der Waals surface area (Å²) in [7, 11) is 0. The lowest BCUT2D eigenvalue weighted by Gasteiger charge is -2.14. The Morgan fingerprint density at radius 2 is 1.93 bits per heavy atom. The summed E-state index contributed by atoms with van der Waals surface area (Å²) in [5.74, 6) is 0.277. The predicted octanol–water partition coefficient (Wildman–Crippen LogP) is 3.92. The zero-order chi connectivity index (χ0) is 21.5. The number of anilines is 1. The summed E-state index contributed by atoms with van der Waals surface area (Å²) in [4.78, 5) is 24.6. The van der Waals surface area contributed by atoms with Crippen LogP contribution < -0.4 is 14.8 Å². The van der Waals surface area contributed by atoms with E-state index in [0.29, 0.717) is 47.4 Å². The average Bonchev–Trinajstić information content (AvgIpc) is 3.21. The van der Waals surface area contributed by atoms with Gasteiger partial charge in [0.15, 0.2) is 18.1 Å². The standard InChI is InChI=1S/C21H23N3O5S/c1-4-27-18-10-14(8-9-17(18)28-11-13(2)3)21(26)29-12-19(25)22-15-6-5-7-16-20(15)24-30-23-16/h5-10,13H,4,11-12H2,1-3H3,(H,22,25). The molecule has 8 nitrogen and oxygen atoms in total. The van der Waals surface area contributed by atoms with Gasteiger partial charge in [-0.3, -0.25) is 4.79 Å². The van der Waals surface area contributed by atoms with Gasteiger partial charge >= 0.3 is 5.97 Å². The van der Waals surface area contributed by atoms with Crippen molar-refractivity contribution in [3.05, 3.63) is 42.0 Å². The lowest BCUT2D eigenvalue weighted by molar-refractivity contribution is -0.119. The maximum Gasteiger partial charge on any atom is 0.338 e.